The van der Waals surface area contributed by atoms with Crippen LogP contribution in [0.5, 0.6) is 5.75 Å². The molecule has 0 aliphatic heterocycles. The van der Waals surface area contributed by atoms with Gasteiger partial charge in [0.15, 0.2) is 0 Å². The molecule has 4 heteroatoms. The van der Waals surface area contributed by atoms with E-state index in [1.165, 1.54) is 17.7 Å². The van der Waals surface area contributed by atoms with Crippen molar-refractivity contribution in [2.75, 3.05) is 33.3 Å². The highest BCUT2D eigenvalue weighted by atomic mass is 19.1. The molecule has 0 unspecified atom stereocenters. The molecule has 0 saturated carbocycles. The molecule has 0 bridgehead atoms. The smallest absolute Gasteiger partial charge is 0.123 e. The fraction of sp³-hybridized carbons (Fsp3) is 0.368. The minimum atomic E-state index is -0.180. The van der Waals surface area contributed by atoms with Gasteiger partial charge in [0.25, 0.3) is 0 Å². The number of halogens is 1. The first-order chi connectivity index (χ1) is 11.3. The summed E-state index contributed by atoms with van der Waals surface area (Å²) in [5, 5.41) is 6.81. The molecule has 0 spiro atoms. The Bertz CT molecular complexity index is 572. The average Bonchev–Trinajstić information content (AvgIpc) is 2.59. The molecule has 0 fully saturated rings. The maximum Gasteiger partial charge on any atom is 0.123 e. The van der Waals surface area contributed by atoms with Crippen molar-refractivity contribution in [2.24, 2.45) is 0 Å². The second-order valence-electron chi connectivity index (χ2n) is 5.44. The van der Waals surface area contributed by atoms with Gasteiger partial charge in [-0.1, -0.05) is 30.3 Å². The summed E-state index contributed by atoms with van der Waals surface area (Å²) in [6.45, 7) is 3.69. The molecule has 23 heavy (non-hydrogen) atoms. The van der Waals surface area contributed by atoms with Gasteiger partial charge in [-0.2, -0.15) is 0 Å². The average molecular weight is 316 g/mol. The van der Waals surface area contributed by atoms with Crippen LogP contribution < -0.4 is 15.4 Å². The van der Waals surface area contributed by atoms with Gasteiger partial charge in [0.2, 0.25) is 0 Å². The molecule has 0 heterocycles. The summed E-state index contributed by atoms with van der Waals surface area (Å²) in [6.07, 6.45) is 1.88. The molecular weight excluding hydrogens is 291 g/mol. The van der Waals surface area contributed by atoms with Crippen molar-refractivity contribution < 1.29 is 9.13 Å². The summed E-state index contributed by atoms with van der Waals surface area (Å²) in [5.74, 6) is 0.771. The van der Waals surface area contributed by atoms with Gasteiger partial charge in [-0.05, 0) is 55.3 Å². The van der Waals surface area contributed by atoms with E-state index in [1.807, 2.05) is 30.3 Å². The van der Waals surface area contributed by atoms with Gasteiger partial charge in [0.1, 0.15) is 11.6 Å². The lowest BCUT2D eigenvalue weighted by atomic mass is 10.1. The van der Waals surface area contributed by atoms with Crippen molar-refractivity contribution in [3.63, 3.8) is 0 Å². The summed E-state index contributed by atoms with van der Waals surface area (Å²) in [5.41, 5.74) is 2.38. The third-order valence-electron chi connectivity index (χ3n) is 3.75. The predicted octanol–water partition coefficient (Wildman–Crippen LogP) is 2.80. The largest absolute Gasteiger partial charge is 0.496 e. The number of benzene rings is 2. The summed E-state index contributed by atoms with van der Waals surface area (Å²) < 4.78 is 18.1. The number of nitrogens with one attached hydrogen (secondary N) is 2. The van der Waals surface area contributed by atoms with Gasteiger partial charge in [-0.25, -0.2) is 4.39 Å². The number of methoxy groups -OCH3 is 1. The lowest BCUT2D eigenvalue weighted by Gasteiger charge is -2.09. The first-order valence-electron chi connectivity index (χ1n) is 8.07. The van der Waals surface area contributed by atoms with E-state index in [2.05, 4.69) is 16.7 Å². The zero-order valence-corrected chi connectivity index (χ0v) is 13.6. The van der Waals surface area contributed by atoms with E-state index in [1.54, 1.807) is 7.11 Å². The van der Waals surface area contributed by atoms with Crippen molar-refractivity contribution >= 4 is 0 Å². The molecule has 0 atom stereocenters. The lowest BCUT2D eigenvalue weighted by Crippen LogP contribution is -2.29. The van der Waals surface area contributed by atoms with Crippen LogP contribution in [0.25, 0.3) is 0 Å². The number of hydrogen-bond acceptors (Lipinski definition) is 3. The van der Waals surface area contributed by atoms with Crippen LogP contribution in [0, 0.1) is 5.82 Å². The summed E-state index contributed by atoms with van der Waals surface area (Å²) in [4.78, 5) is 0. The van der Waals surface area contributed by atoms with Crippen LogP contribution in [0.3, 0.4) is 0 Å². The molecule has 0 radical (unpaired) electrons. The van der Waals surface area contributed by atoms with Crippen LogP contribution in [0.4, 0.5) is 4.39 Å². The van der Waals surface area contributed by atoms with Crippen LogP contribution >= 0.6 is 0 Å². The van der Waals surface area contributed by atoms with Crippen LogP contribution in [-0.2, 0) is 12.8 Å². The maximum atomic E-state index is 12.8. The van der Waals surface area contributed by atoms with Crippen molar-refractivity contribution in [3.05, 3.63) is 65.5 Å². The zero-order chi connectivity index (χ0) is 16.3. The number of ether oxygens (including phenoxy) is 1. The number of hydrogen-bond donors (Lipinski definition) is 2. The molecule has 3 nitrogen and oxygen atoms in total. The quantitative estimate of drug-likeness (QED) is 0.661. The fourth-order valence-electron chi connectivity index (χ4n) is 2.44. The Morgan fingerprint density at radius 1 is 0.826 bits per heavy atom. The van der Waals surface area contributed by atoms with E-state index < -0.39 is 0 Å². The van der Waals surface area contributed by atoms with Crippen LogP contribution in [0.1, 0.15) is 11.1 Å². The maximum absolute atomic E-state index is 12.8. The first-order valence-corrected chi connectivity index (χ1v) is 8.07. The molecule has 0 aliphatic carbocycles. The SMILES string of the molecule is COc1ccccc1CCNCCNCCc1ccc(F)cc1. The third-order valence-corrected chi connectivity index (χ3v) is 3.75. The van der Waals surface area contributed by atoms with Crippen molar-refractivity contribution in [2.45, 2.75) is 12.8 Å². The highest BCUT2D eigenvalue weighted by molar-refractivity contribution is 5.33. The Labute approximate surface area is 137 Å². The second-order valence-corrected chi connectivity index (χ2v) is 5.44. The minimum Gasteiger partial charge on any atom is -0.496 e. The molecule has 124 valence electrons. The lowest BCUT2D eigenvalue weighted by molar-refractivity contribution is 0.409. The van der Waals surface area contributed by atoms with E-state index in [0.717, 1.165) is 50.3 Å². The highest BCUT2D eigenvalue weighted by Crippen LogP contribution is 2.17. The van der Waals surface area contributed by atoms with Gasteiger partial charge < -0.3 is 15.4 Å². The van der Waals surface area contributed by atoms with Crippen molar-refractivity contribution in [3.8, 4) is 5.75 Å². The molecule has 0 amide bonds. The summed E-state index contributed by atoms with van der Waals surface area (Å²) in [7, 11) is 1.71. The molecular formula is C19H25FN2O. The Morgan fingerprint density at radius 2 is 1.48 bits per heavy atom. The van der Waals surface area contributed by atoms with Crippen LogP contribution in [0.2, 0.25) is 0 Å². The Kier molecular flexibility index (Phi) is 7.57. The van der Waals surface area contributed by atoms with E-state index >= 15 is 0 Å². The molecule has 0 aliphatic rings. The molecule has 0 saturated heterocycles. The Hall–Kier alpha value is -1.91. The van der Waals surface area contributed by atoms with E-state index in [0.29, 0.717) is 0 Å². The standard InChI is InChI=1S/C19H25FN2O/c1-23-19-5-3-2-4-17(19)11-13-22-15-14-21-12-10-16-6-8-18(20)9-7-16/h2-9,21-22H,10-15H2,1H3. The third kappa shape index (κ3) is 6.38. The Morgan fingerprint density at radius 3 is 2.17 bits per heavy atom. The molecule has 2 N–H and O–H groups in total. The Balaban J connectivity index is 1.52. The van der Waals surface area contributed by atoms with Crippen molar-refractivity contribution in [1.29, 1.82) is 0 Å². The summed E-state index contributed by atoms with van der Waals surface area (Å²) in [6, 6.07) is 14.8. The van der Waals surface area contributed by atoms with Gasteiger partial charge in [0, 0.05) is 13.1 Å². The van der Waals surface area contributed by atoms with E-state index in [-0.39, 0.29) is 5.82 Å². The van der Waals surface area contributed by atoms with E-state index in [9.17, 15) is 4.39 Å². The minimum absolute atomic E-state index is 0.180. The fourth-order valence-corrected chi connectivity index (χ4v) is 2.44. The van der Waals surface area contributed by atoms with E-state index in [4.69, 9.17) is 4.74 Å². The van der Waals surface area contributed by atoms with Crippen LogP contribution in [0.15, 0.2) is 48.5 Å². The topological polar surface area (TPSA) is 33.3 Å². The second kappa shape index (κ2) is 9.98. The molecule has 0 aromatic heterocycles. The molecule has 2 rings (SSSR count). The van der Waals surface area contributed by atoms with Gasteiger partial charge in [-0.15, -0.1) is 0 Å². The van der Waals surface area contributed by atoms with Gasteiger partial charge >= 0.3 is 0 Å². The normalized spacial score (nSPS) is 10.7. The monoisotopic (exact) mass is 316 g/mol. The van der Waals surface area contributed by atoms with Gasteiger partial charge in [0.05, 0.1) is 7.11 Å². The summed E-state index contributed by atoms with van der Waals surface area (Å²) >= 11 is 0. The first kappa shape index (κ1) is 17.4. The van der Waals surface area contributed by atoms with Gasteiger partial charge in [-0.3, -0.25) is 0 Å². The van der Waals surface area contributed by atoms with Crippen LogP contribution in [-0.4, -0.2) is 33.3 Å². The number of para-hydroxylation sites is 1. The highest BCUT2D eigenvalue weighted by Gasteiger charge is 2.00. The molecule has 2 aromatic rings. The molecule has 2 aromatic carbocycles. The predicted molar refractivity (Wildman–Crippen MR) is 92.5 cm³/mol. The van der Waals surface area contributed by atoms with Crippen molar-refractivity contribution in [1.82, 2.24) is 10.6 Å². The zero-order valence-electron chi connectivity index (χ0n) is 13.6. The number of rotatable bonds is 10.